The van der Waals surface area contributed by atoms with Gasteiger partial charge in [-0.25, -0.2) is 0 Å². The topological polar surface area (TPSA) is 60.8 Å². The van der Waals surface area contributed by atoms with Crippen molar-refractivity contribution < 1.29 is 15.0 Å². The molecule has 1 saturated heterocycles. The van der Waals surface area contributed by atoms with E-state index in [1.54, 1.807) is 0 Å². The largest absolute Gasteiger partial charge is 0.480 e. The van der Waals surface area contributed by atoms with Crippen molar-refractivity contribution in [2.45, 2.75) is 37.8 Å². The van der Waals surface area contributed by atoms with Crippen molar-refractivity contribution in [1.29, 1.82) is 0 Å². The lowest BCUT2D eigenvalue weighted by molar-refractivity contribution is -0.145. The SMILES string of the molecule is CCC1(O)CCN(C(C(=O)O)c2ccccc2Br)CC1. The molecule has 2 N–H and O–H groups in total. The zero-order valence-corrected chi connectivity index (χ0v) is 13.1. The Labute approximate surface area is 127 Å². The number of rotatable bonds is 4. The van der Waals surface area contributed by atoms with E-state index in [1.165, 1.54) is 0 Å². The second-order valence-corrected chi connectivity index (χ2v) is 6.23. The van der Waals surface area contributed by atoms with E-state index < -0.39 is 17.6 Å². The Bertz CT molecular complexity index is 484. The van der Waals surface area contributed by atoms with Gasteiger partial charge in [-0.1, -0.05) is 41.1 Å². The van der Waals surface area contributed by atoms with Crippen LogP contribution in [-0.4, -0.2) is 39.8 Å². The molecule has 1 aliphatic rings. The molecule has 1 heterocycles. The van der Waals surface area contributed by atoms with E-state index in [0.29, 0.717) is 32.4 Å². The molecule has 1 aromatic rings. The highest BCUT2D eigenvalue weighted by atomic mass is 79.9. The van der Waals surface area contributed by atoms with Crippen molar-refractivity contribution in [3.05, 3.63) is 34.3 Å². The van der Waals surface area contributed by atoms with Crippen LogP contribution in [0.25, 0.3) is 0 Å². The Morgan fingerprint density at radius 3 is 2.50 bits per heavy atom. The van der Waals surface area contributed by atoms with Gasteiger partial charge in [0, 0.05) is 17.6 Å². The number of nitrogens with zero attached hydrogens (tertiary/aromatic N) is 1. The summed E-state index contributed by atoms with van der Waals surface area (Å²) >= 11 is 3.43. The number of benzene rings is 1. The third-order valence-electron chi connectivity index (χ3n) is 4.19. The lowest BCUT2D eigenvalue weighted by atomic mass is 9.88. The Balaban J connectivity index is 2.20. The molecule has 110 valence electrons. The van der Waals surface area contributed by atoms with Gasteiger partial charge in [0.1, 0.15) is 6.04 Å². The van der Waals surface area contributed by atoms with Gasteiger partial charge in [0.05, 0.1) is 5.60 Å². The van der Waals surface area contributed by atoms with E-state index in [-0.39, 0.29) is 0 Å². The zero-order valence-electron chi connectivity index (χ0n) is 11.6. The first kappa shape index (κ1) is 15.5. The van der Waals surface area contributed by atoms with Gasteiger partial charge in [0.2, 0.25) is 0 Å². The standard InChI is InChI=1S/C15H20BrNO3/c1-2-15(20)7-9-17(10-8-15)13(14(18)19)11-5-3-4-6-12(11)16/h3-6,13,20H,2,7-10H2,1H3,(H,18,19). The molecule has 0 amide bonds. The predicted octanol–water partition coefficient (Wildman–Crippen LogP) is 2.81. The van der Waals surface area contributed by atoms with Crippen molar-refractivity contribution in [3.63, 3.8) is 0 Å². The normalized spacial score (nSPS) is 20.6. The second kappa shape index (κ2) is 6.24. The molecule has 20 heavy (non-hydrogen) atoms. The summed E-state index contributed by atoms with van der Waals surface area (Å²) in [7, 11) is 0. The minimum absolute atomic E-state index is 0.600. The Hall–Kier alpha value is -0.910. The first-order valence-corrected chi connectivity index (χ1v) is 7.70. The van der Waals surface area contributed by atoms with Crippen molar-refractivity contribution in [2.75, 3.05) is 13.1 Å². The summed E-state index contributed by atoms with van der Waals surface area (Å²) in [5.74, 6) is -0.848. The second-order valence-electron chi connectivity index (χ2n) is 5.38. The molecular formula is C15H20BrNO3. The van der Waals surface area contributed by atoms with Crippen LogP contribution in [0.4, 0.5) is 0 Å². The molecule has 0 bridgehead atoms. The van der Waals surface area contributed by atoms with Gasteiger partial charge in [-0.05, 0) is 30.9 Å². The molecule has 5 heteroatoms. The lowest BCUT2D eigenvalue weighted by Crippen LogP contribution is -2.47. The monoisotopic (exact) mass is 341 g/mol. The van der Waals surface area contributed by atoms with Crippen molar-refractivity contribution in [3.8, 4) is 0 Å². The van der Waals surface area contributed by atoms with Crippen LogP contribution < -0.4 is 0 Å². The van der Waals surface area contributed by atoms with Gasteiger partial charge in [0.25, 0.3) is 0 Å². The van der Waals surface area contributed by atoms with Crippen LogP contribution in [0.1, 0.15) is 37.8 Å². The Morgan fingerprint density at radius 2 is 2.00 bits per heavy atom. The number of hydrogen-bond acceptors (Lipinski definition) is 3. The highest BCUT2D eigenvalue weighted by Gasteiger charge is 2.36. The smallest absolute Gasteiger partial charge is 0.325 e. The van der Waals surface area contributed by atoms with E-state index in [2.05, 4.69) is 15.9 Å². The van der Waals surface area contributed by atoms with Crippen LogP contribution >= 0.6 is 15.9 Å². The van der Waals surface area contributed by atoms with Crippen LogP contribution in [0.3, 0.4) is 0 Å². The summed E-state index contributed by atoms with van der Waals surface area (Å²) in [6.45, 7) is 3.17. The fourth-order valence-electron chi connectivity index (χ4n) is 2.73. The summed E-state index contributed by atoms with van der Waals surface area (Å²) in [6.07, 6.45) is 1.96. The molecule has 1 fully saturated rings. The first-order chi connectivity index (χ1) is 9.47. The van der Waals surface area contributed by atoms with E-state index in [1.807, 2.05) is 36.1 Å². The molecule has 0 spiro atoms. The molecule has 1 atom stereocenters. The maximum Gasteiger partial charge on any atom is 0.325 e. The van der Waals surface area contributed by atoms with Crippen LogP contribution in [0.15, 0.2) is 28.7 Å². The number of carboxylic acid groups (broad SMARTS) is 1. The number of carbonyl (C=O) groups is 1. The van der Waals surface area contributed by atoms with E-state index in [4.69, 9.17) is 0 Å². The molecule has 0 saturated carbocycles. The average Bonchev–Trinajstić information content (AvgIpc) is 2.43. The molecule has 1 unspecified atom stereocenters. The molecule has 2 rings (SSSR count). The zero-order chi connectivity index (χ0) is 14.8. The summed E-state index contributed by atoms with van der Waals surface area (Å²) in [5, 5.41) is 19.8. The first-order valence-electron chi connectivity index (χ1n) is 6.90. The van der Waals surface area contributed by atoms with Crippen LogP contribution in [0, 0.1) is 0 Å². The maximum absolute atomic E-state index is 11.7. The summed E-state index contributed by atoms with van der Waals surface area (Å²) in [6, 6.07) is 6.76. The minimum Gasteiger partial charge on any atom is -0.480 e. The fourth-order valence-corrected chi connectivity index (χ4v) is 3.24. The molecule has 0 radical (unpaired) electrons. The van der Waals surface area contributed by atoms with E-state index in [0.717, 1.165) is 10.0 Å². The third kappa shape index (κ3) is 3.22. The van der Waals surface area contributed by atoms with Crippen molar-refractivity contribution >= 4 is 21.9 Å². The van der Waals surface area contributed by atoms with E-state index in [9.17, 15) is 15.0 Å². The number of likely N-dealkylation sites (tertiary alicyclic amines) is 1. The van der Waals surface area contributed by atoms with Gasteiger partial charge in [-0.15, -0.1) is 0 Å². The molecule has 4 nitrogen and oxygen atoms in total. The summed E-state index contributed by atoms with van der Waals surface area (Å²) < 4.78 is 0.809. The van der Waals surface area contributed by atoms with Crippen molar-refractivity contribution in [1.82, 2.24) is 4.90 Å². The highest BCUT2D eigenvalue weighted by Crippen LogP contribution is 2.33. The van der Waals surface area contributed by atoms with E-state index >= 15 is 0 Å². The van der Waals surface area contributed by atoms with Gasteiger partial charge < -0.3 is 10.2 Å². The molecule has 1 aliphatic heterocycles. The predicted molar refractivity (Wildman–Crippen MR) is 80.6 cm³/mol. The highest BCUT2D eigenvalue weighted by molar-refractivity contribution is 9.10. The van der Waals surface area contributed by atoms with Gasteiger partial charge in [-0.3, -0.25) is 9.69 Å². The number of aliphatic hydroxyl groups is 1. The quantitative estimate of drug-likeness (QED) is 0.883. The summed E-state index contributed by atoms with van der Waals surface area (Å²) in [4.78, 5) is 13.6. The molecule has 0 aromatic heterocycles. The number of halogens is 1. The van der Waals surface area contributed by atoms with Gasteiger partial charge in [0.15, 0.2) is 0 Å². The van der Waals surface area contributed by atoms with Gasteiger partial charge in [-0.2, -0.15) is 0 Å². The van der Waals surface area contributed by atoms with Crippen LogP contribution in [-0.2, 0) is 4.79 Å². The number of piperidine rings is 1. The molecular weight excluding hydrogens is 322 g/mol. The number of carboxylic acids is 1. The average molecular weight is 342 g/mol. The third-order valence-corrected chi connectivity index (χ3v) is 4.91. The summed E-state index contributed by atoms with van der Waals surface area (Å²) in [5.41, 5.74) is 0.134. The minimum atomic E-state index is -0.848. The maximum atomic E-state index is 11.7. The Morgan fingerprint density at radius 1 is 1.40 bits per heavy atom. The lowest BCUT2D eigenvalue weighted by Gasteiger charge is -2.40. The van der Waals surface area contributed by atoms with Crippen molar-refractivity contribution in [2.24, 2.45) is 0 Å². The Kier molecular flexibility index (Phi) is 4.83. The number of aliphatic carboxylic acids is 1. The van der Waals surface area contributed by atoms with Crippen LogP contribution in [0.2, 0.25) is 0 Å². The molecule has 0 aliphatic carbocycles. The van der Waals surface area contributed by atoms with Crippen LogP contribution in [0.5, 0.6) is 0 Å². The van der Waals surface area contributed by atoms with Gasteiger partial charge >= 0.3 is 5.97 Å². The fraction of sp³-hybridized carbons (Fsp3) is 0.533. The molecule has 1 aromatic carbocycles. The number of hydrogen-bond donors (Lipinski definition) is 2.